The SMILES string of the molecule is Cc1ccc(-c2cnc(CCCCCN)[nH]2)o1. The Hall–Kier alpha value is -1.55. The second kappa shape index (κ2) is 5.68. The van der Waals surface area contributed by atoms with Gasteiger partial charge in [-0.15, -0.1) is 0 Å². The number of H-pyrrole nitrogens is 1. The predicted octanol–water partition coefficient (Wildman–Crippen LogP) is 2.65. The molecule has 0 bridgehead atoms. The van der Waals surface area contributed by atoms with E-state index in [1.54, 1.807) is 0 Å². The van der Waals surface area contributed by atoms with Crippen LogP contribution < -0.4 is 5.73 Å². The first kappa shape index (κ1) is 11.9. The van der Waals surface area contributed by atoms with Crippen LogP contribution in [0.3, 0.4) is 0 Å². The van der Waals surface area contributed by atoms with Gasteiger partial charge < -0.3 is 15.1 Å². The van der Waals surface area contributed by atoms with Crippen LogP contribution in [-0.2, 0) is 6.42 Å². The van der Waals surface area contributed by atoms with Gasteiger partial charge in [-0.2, -0.15) is 0 Å². The monoisotopic (exact) mass is 233 g/mol. The van der Waals surface area contributed by atoms with E-state index in [4.69, 9.17) is 10.2 Å². The number of imidazole rings is 1. The molecule has 0 unspecified atom stereocenters. The molecule has 2 aromatic rings. The molecule has 2 rings (SSSR count). The molecular weight excluding hydrogens is 214 g/mol. The summed E-state index contributed by atoms with van der Waals surface area (Å²) in [5.41, 5.74) is 6.41. The van der Waals surface area contributed by atoms with E-state index in [2.05, 4.69) is 9.97 Å². The molecule has 0 aliphatic rings. The zero-order valence-electron chi connectivity index (χ0n) is 10.2. The van der Waals surface area contributed by atoms with Crippen molar-refractivity contribution in [2.75, 3.05) is 6.54 Å². The molecule has 0 spiro atoms. The average molecular weight is 233 g/mol. The highest BCUT2D eigenvalue weighted by Crippen LogP contribution is 2.20. The highest BCUT2D eigenvalue weighted by atomic mass is 16.3. The molecule has 0 atom stereocenters. The van der Waals surface area contributed by atoms with Gasteiger partial charge in [0.1, 0.15) is 17.3 Å². The van der Waals surface area contributed by atoms with Crippen molar-refractivity contribution in [1.82, 2.24) is 9.97 Å². The Bertz CT molecular complexity index is 459. The second-order valence-corrected chi connectivity index (χ2v) is 4.25. The summed E-state index contributed by atoms with van der Waals surface area (Å²) in [5.74, 6) is 2.79. The van der Waals surface area contributed by atoms with Gasteiger partial charge in [0.05, 0.1) is 6.20 Å². The largest absolute Gasteiger partial charge is 0.460 e. The van der Waals surface area contributed by atoms with E-state index in [-0.39, 0.29) is 0 Å². The molecular formula is C13H19N3O. The Kier molecular flexibility index (Phi) is 3.98. The van der Waals surface area contributed by atoms with E-state index < -0.39 is 0 Å². The standard InChI is InChI=1S/C13H19N3O/c1-10-6-7-12(17-10)11-9-15-13(16-11)5-3-2-4-8-14/h6-7,9H,2-5,8,14H2,1H3,(H,15,16). The van der Waals surface area contributed by atoms with E-state index in [0.717, 1.165) is 55.3 Å². The molecule has 0 aliphatic carbocycles. The third kappa shape index (κ3) is 3.20. The minimum Gasteiger partial charge on any atom is -0.460 e. The molecule has 0 fully saturated rings. The number of unbranched alkanes of at least 4 members (excludes halogenated alkanes) is 2. The fraction of sp³-hybridized carbons (Fsp3) is 0.462. The van der Waals surface area contributed by atoms with Gasteiger partial charge in [-0.3, -0.25) is 0 Å². The molecule has 3 N–H and O–H groups in total. The summed E-state index contributed by atoms with van der Waals surface area (Å²) < 4.78 is 5.54. The lowest BCUT2D eigenvalue weighted by molar-refractivity contribution is 0.546. The van der Waals surface area contributed by atoms with E-state index in [0.29, 0.717) is 0 Å². The number of nitrogens with zero attached hydrogens (tertiary/aromatic N) is 1. The van der Waals surface area contributed by atoms with Crippen molar-refractivity contribution in [2.45, 2.75) is 32.6 Å². The Balaban J connectivity index is 1.92. The van der Waals surface area contributed by atoms with Gasteiger partial charge in [-0.25, -0.2) is 4.98 Å². The van der Waals surface area contributed by atoms with Crippen molar-refractivity contribution in [3.63, 3.8) is 0 Å². The topological polar surface area (TPSA) is 67.8 Å². The molecule has 4 heteroatoms. The Morgan fingerprint density at radius 2 is 2.18 bits per heavy atom. The van der Waals surface area contributed by atoms with Gasteiger partial charge in [0.25, 0.3) is 0 Å². The summed E-state index contributed by atoms with van der Waals surface area (Å²) in [5, 5.41) is 0. The Labute approximate surface area is 101 Å². The summed E-state index contributed by atoms with van der Waals surface area (Å²) in [7, 11) is 0. The van der Waals surface area contributed by atoms with Gasteiger partial charge in [-0.1, -0.05) is 6.42 Å². The molecule has 4 nitrogen and oxygen atoms in total. The van der Waals surface area contributed by atoms with Crippen LogP contribution >= 0.6 is 0 Å². The van der Waals surface area contributed by atoms with E-state index in [1.165, 1.54) is 0 Å². The molecule has 2 heterocycles. The van der Waals surface area contributed by atoms with Crippen LogP contribution in [0.1, 0.15) is 30.8 Å². The van der Waals surface area contributed by atoms with Gasteiger partial charge in [0, 0.05) is 6.42 Å². The number of aromatic nitrogens is 2. The summed E-state index contributed by atoms with van der Waals surface area (Å²) in [6, 6.07) is 3.91. The van der Waals surface area contributed by atoms with E-state index in [1.807, 2.05) is 25.3 Å². The quantitative estimate of drug-likeness (QED) is 0.754. The predicted molar refractivity (Wildman–Crippen MR) is 67.6 cm³/mol. The zero-order valence-corrected chi connectivity index (χ0v) is 10.2. The smallest absolute Gasteiger partial charge is 0.152 e. The van der Waals surface area contributed by atoms with Crippen molar-refractivity contribution in [3.8, 4) is 11.5 Å². The summed E-state index contributed by atoms with van der Waals surface area (Å²) in [6.45, 7) is 2.71. The van der Waals surface area contributed by atoms with Crippen LogP contribution in [0.4, 0.5) is 0 Å². The molecule has 0 amide bonds. The maximum atomic E-state index is 5.54. The lowest BCUT2D eigenvalue weighted by Gasteiger charge is -1.96. The second-order valence-electron chi connectivity index (χ2n) is 4.25. The first-order valence-corrected chi connectivity index (χ1v) is 6.10. The number of hydrogen-bond donors (Lipinski definition) is 2. The summed E-state index contributed by atoms with van der Waals surface area (Å²) in [6.07, 6.45) is 6.18. The maximum Gasteiger partial charge on any atom is 0.152 e. The number of aromatic amines is 1. The minimum atomic E-state index is 0.773. The van der Waals surface area contributed by atoms with E-state index in [9.17, 15) is 0 Å². The zero-order chi connectivity index (χ0) is 12.1. The Morgan fingerprint density at radius 3 is 2.88 bits per heavy atom. The van der Waals surface area contributed by atoms with Crippen molar-refractivity contribution in [3.05, 3.63) is 29.9 Å². The highest BCUT2D eigenvalue weighted by Gasteiger charge is 2.06. The lowest BCUT2D eigenvalue weighted by atomic mass is 10.2. The van der Waals surface area contributed by atoms with Crippen LogP contribution in [0.2, 0.25) is 0 Å². The number of rotatable bonds is 6. The number of nitrogens with two attached hydrogens (primary N) is 1. The van der Waals surface area contributed by atoms with Crippen molar-refractivity contribution in [1.29, 1.82) is 0 Å². The number of aryl methyl sites for hydroxylation is 2. The van der Waals surface area contributed by atoms with Crippen molar-refractivity contribution < 1.29 is 4.42 Å². The number of furan rings is 1. The summed E-state index contributed by atoms with van der Waals surface area (Å²) >= 11 is 0. The van der Waals surface area contributed by atoms with Gasteiger partial charge in [-0.05, 0) is 38.4 Å². The molecule has 0 saturated carbocycles. The van der Waals surface area contributed by atoms with Gasteiger partial charge in [0.2, 0.25) is 0 Å². The molecule has 92 valence electrons. The van der Waals surface area contributed by atoms with Crippen LogP contribution in [0.15, 0.2) is 22.7 Å². The van der Waals surface area contributed by atoms with Crippen molar-refractivity contribution >= 4 is 0 Å². The first-order valence-electron chi connectivity index (χ1n) is 6.10. The third-order valence-corrected chi connectivity index (χ3v) is 2.75. The van der Waals surface area contributed by atoms with Crippen LogP contribution in [0.5, 0.6) is 0 Å². The molecule has 0 radical (unpaired) electrons. The first-order chi connectivity index (χ1) is 8.29. The highest BCUT2D eigenvalue weighted by molar-refractivity contribution is 5.51. The van der Waals surface area contributed by atoms with Gasteiger partial charge in [0.15, 0.2) is 5.76 Å². The number of nitrogens with one attached hydrogen (secondary N) is 1. The molecule has 0 aliphatic heterocycles. The molecule has 0 saturated heterocycles. The normalized spacial score (nSPS) is 10.9. The lowest BCUT2D eigenvalue weighted by Crippen LogP contribution is -1.98. The van der Waals surface area contributed by atoms with Crippen LogP contribution in [0.25, 0.3) is 11.5 Å². The maximum absolute atomic E-state index is 5.54. The fourth-order valence-electron chi connectivity index (χ4n) is 1.81. The molecule has 0 aromatic carbocycles. The minimum absolute atomic E-state index is 0.773. The molecule has 2 aromatic heterocycles. The fourth-order valence-corrected chi connectivity index (χ4v) is 1.81. The van der Waals surface area contributed by atoms with Crippen LogP contribution in [0, 0.1) is 6.92 Å². The Morgan fingerprint density at radius 1 is 1.29 bits per heavy atom. The van der Waals surface area contributed by atoms with Gasteiger partial charge >= 0.3 is 0 Å². The van der Waals surface area contributed by atoms with E-state index >= 15 is 0 Å². The summed E-state index contributed by atoms with van der Waals surface area (Å²) in [4.78, 5) is 7.64. The average Bonchev–Trinajstić information content (AvgIpc) is 2.93. The molecule has 17 heavy (non-hydrogen) atoms. The third-order valence-electron chi connectivity index (χ3n) is 2.75. The number of hydrogen-bond acceptors (Lipinski definition) is 3. The van der Waals surface area contributed by atoms with Crippen LogP contribution in [-0.4, -0.2) is 16.5 Å². The van der Waals surface area contributed by atoms with Crippen molar-refractivity contribution in [2.24, 2.45) is 5.73 Å².